The van der Waals surface area contributed by atoms with Crippen LogP contribution in [0.15, 0.2) is 24.7 Å². The van der Waals surface area contributed by atoms with Gasteiger partial charge >= 0.3 is 0 Å². The zero-order valence-electron chi connectivity index (χ0n) is 17.3. The van der Waals surface area contributed by atoms with Gasteiger partial charge in [-0.15, -0.1) is 11.3 Å². The fraction of sp³-hybridized carbons (Fsp3) is 0.450. The molecule has 1 amide bonds. The molecule has 0 bridgehead atoms. The van der Waals surface area contributed by atoms with Gasteiger partial charge in [0.1, 0.15) is 6.10 Å². The van der Waals surface area contributed by atoms with Gasteiger partial charge in [-0.25, -0.2) is 19.9 Å². The van der Waals surface area contributed by atoms with Crippen LogP contribution in [0.1, 0.15) is 21.3 Å². The van der Waals surface area contributed by atoms with E-state index in [1.165, 1.54) is 11.3 Å². The molecule has 0 spiro atoms. The van der Waals surface area contributed by atoms with Crippen LogP contribution in [0.2, 0.25) is 0 Å². The van der Waals surface area contributed by atoms with E-state index >= 15 is 0 Å². The summed E-state index contributed by atoms with van der Waals surface area (Å²) < 4.78 is 6.80. The maximum absolute atomic E-state index is 12.9. The van der Waals surface area contributed by atoms with Crippen LogP contribution in [0.5, 0.6) is 0 Å². The predicted molar refractivity (Wildman–Crippen MR) is 118 cm³/mol. The van der Waals surface area contributed by atoms with Gasteiger partial charge in [0.05, 0.1) is 34.4 Å². The number of morpholine rings is 1. The first kappa shape index (κ1) is 20.0. The van der Waals surface area contributed by atoms with Crippen molar-refractivity contribution in [1.82, 2.24) is 29.7 Å². The molecule has 0 radical (unpaired) electrons. The van der Waals surface area contributed by atoms with Gasteiger partial charge < -0.3 is 25.2 Å². The van der Waals surface area contributed by atoms with Crippen molar-refractivity contribution in [2.24, 2.45) is 0 Å². The smallest absolute Gasteiger partial charge is 0.264 e. The Balaban J connectivity index is 1.33. The third-order valence-corrected chi connectivity index (χ3v) is 6.72. The van der Waals surface area contributed by atoms with Gasteiger partial charge in [-0.05, 0) is 13.1 Å². The Bertz CT molecular complexity index is 1080. The Labute approximate surface area is 183 Å². The molecule has 0 saturated carbocycles. The monoisotopic (exact) mass is 440 g/mol. The summed E-state index contributed by atoms with van der Waals surface area (Å²) in [6.07, 6.45) is 5.01. The second-order valence-electron chi connectivity index (χ2n) is 7.81. The Morgan fingerprint density at radius 2 is 1.90 bits per heavy atom. The number of nitrogens with two attached hydrogens (primary N) is 1. The molecule has 5 heterocycles. The van der Waals surface area contributed by atoms with E-state index < -0.39 is 0 Å². The van der Waals surface area contributed by atoms with Crippen LogP contribution in [-0.4, -0.2) is 88.6 Å². The topological polar surface area (TPSA) is 114 Å². The van der Waals surface area contributed by atoms with Crippen molar-refractivity contribution in [1.29, 1.82) is 0 Å². The number of carbonyl (C=O) groups is 1. The van der Waals surface area contributed by atoms with Crippen molar-refractivity contribution in [2.75, 3.05) is 63.6 Å². The first-order valence-electron chi connectivity index (χ1n) is 10.3. The standard InChI is InChI=1S/C20H24N8O2S/c1-26-2-4-27(5-3-26)18(29)16-8-14-17(31-16)11-24-20(25-14)28-6-7-30-15(12-28)13-9-22-19(21)23-10-13/h8-11,15H,2-7,12H2,1H3,(H2,21,22,23). The van der Waals surface area contributed by atoms with Crippen LogP contribution in [0.3, 0.4) is 0 Å². The van der Waals surface area contributed by atoms with Gasteiger partial charge in [0, 0.05) is 50.7 Å². The van der Waals surface area contributed by atoms with E-state index in [1.54, 1.807) is 18.6 Å². The number of fused-ring (bicyclic) bond motifs is 1. The molecule has 2 fully saturated rings. The van der Waals surface area contributed by atoms with Crippen molar-refractivity contribution in [3.8, 4) is 0 Å². The van der Waals surface area contributed by atoms with Crippen LogP contribution < -0.4 is 10.6 Å². The number of aromatic nitrogens is 4. The number of anilines is 2. The molecule has 2 aliphatic heterocycles. The van der Waals surface area contributed by atoms with E-state index in [1.807, 2.05) is 11.0 Å². The quantitative estimate of drug-likeness (QED) is 0.638. The molecule has 31 heavy (non-hydrogen) atoms. The van der Waals surface area contributed by atoms with Crippen molar-refractivity contribution < 1.29 is 9.53 Å². The highest BCUT2D eigenvalue weighted by molar-refractivity contribution is 7.20. The average Bonchev–Trinajstić information content (AvgIpc) is 3.23. The maximum atomic E-state index is 12.9. The van der Waals surface area contributed by atoms with E-state index in [9.17, 15) is 4.79 Å². The Kier molecular flexibility index (Phi) is 5.38. The number of rotatable bonds is 3. The Morgan fingerprint density at radius 1 is 1.13 bits per heavy atom. The fourth-order valence-electron chi connectivity index (χ4n) is 3.80. The number of carbonyl (C=O) groups excluding carboxylic acids is 1. The van der Waals surface area contributed by atoms with E-state index in [2.05, 4.69) is 31.8 Å². The zero-order chi connectivity index (χ0) is 21.4. The van der Waals surface area contributed by atoms with Crippen LogP contribution >= 0.6 is 11.3 Å². The minimum absolute atomic E-state index is 0.0763. The van der Waals surface area contributed by atoms with Crippen molar-refractivity contribution in [3.63, 3.8) is 0 Å². The number of likely N-dealkylation sites (N-methyl/N-ethyl adjacent to an activating group) is 1. The van der Waals surface area contributed by atoms with Crippen molar-refractivity contribution in [3.05, 3.63) is 35.1 Å². The van der Waals surface area contributed by atoms with Crippen LogP contribution in [0.25, 0.3) is 10.2 Å². The lowest BCUT2D eigenvalue weighted by atomic mass is 10.1. The van der Waals surface area contributed by atoms with Gasteiger partial charge in [-0.3, -0.25) is 4.79 Å². The molecular weight excluding hydrogens is 416 g/mol. The third-order valence-electron chi connectivity index (χ3n) is 5.67. The normalized spacial score (nSPS) is 20.4. The van der Waals surface area contributed by atoms with Gasteiger partial charge in [0.15, 0.2) is 0 Å². The van der Waals surface area contributed by atoms with Gasteiger partial charge in [0.2, 0.25) is 11.9 Å². The van der Waals surface area contributed by atoms with E-state index in [0.29, 0.717) is 30.5 Å². The van der Waals surface area contributed by atoms with Crippen LogP contribution in [-0.2, 0) is 4.74 Å². The molecule has 10 nitrogen and oxygen atoms in total. The Hall–Kier alpha value is -2.89. The first-order chi connectivity index (χ1) is 15.1. The molecule has 3 aromatic rings. The third kappa shape index (κ3) is 4.16. The summed E-state index contributed by atoms with van der Waals surface area (Å²) in [6, 6.07) is 1.89. The largest absolute Gasteiger partial charge is 0.370 e. The van der Waals surface area contributed by atoms with E-state index in [4.69, 9.17) is 15.5 Å². The highest BCUT2D eigenvalue weighted by Gasteiger charge is 2.26. The zero-order valence-corrected chi connectivity index (χ0v) is 18.1. The van der Waals surface area contributed by atoms with E-state index in [0.717, 1.165) is 42.0 Å². The maximum Gasteiger partial charge on any atom is 0.264 e. The van der Waals surface area contributed by atoms with Crippen molar-refractivity contribution in [2.45, 2.75) is 6.10 Å². The van der Waals surface area contributed by atoms with Gasteiger partial charge in [-0.1, -0.05) is 0 Å². The average molecular weight is 441 g/mol. The number of ether oxygens (including phenoxy) is 1. The second-order valence-corrected chi connectivity index (χ2v) is 8.89. The first-order valence-corrected chi connectivity index (χ1v) is 11.1. The summed E-state index contributed by atoms with van der Waals surface area (Å²) in [7, 11) is 2.08. The summed E-state index contributed by atoms with van der Waals surface area (Å²) in [5.41, 5.74) is 7.25. The van der Waals surface area contributed by atoms with E-state index in [-0.39, 0.29) is 18.0 Å². The number of hydrogen-bond acceptors (Lipinski definition) is 10. The van der Waals surface area contributed by atoms with Crippen molar-refractivity contribution >= 4 is 39.4 Å². The summed E-state index contributed by atoms with van der Waals surface area (Å²) >= 11 is 1.45. The van der Waals surface area contributed by atoms with Gasteiger partial charge in [-0.2, -0.15) is 0 Å². The number of amides is 1. The molecule has 1 unspecified atom stereocenters. The molecule has 2 N–H and O–H groups in total. The molecule has 3 aromatic heterocycles. The van der Waals surface area contributed by atoms with Crippen LogP contribution in [0.4, 0.5) is 11.9 Å². The van der Waals surface area contributed by atoms with Crippen LogP contribution in [0, 0.1) is 0 Å². The second kappa shape index (κ2) is 8.33. The summed E-state index contributed by atoms with van der Waals surface area (Å²) in [4.78, 5) is 37.3. The SMILES string of the molecule is CN1CCN(C(=O)c2cc3nc(N4CCOC(c5cnc(N)nc5)C4)ncc3s2)CC1. The minimum Gasteiger partial charge on any atom is -0.370 e. The predicted octanol–water partition coefficient (Wildman–Crippen LogP) is 1.03. The molecule has 0 aliphatic carbocycles. The minimum atomic E-state index is -0.175. The van der Waals surface area contributed by atoms with Gasteiger partial charge in [0.25, 0.3) is 5.91 Å². The molecule has 2 aliphatic rings. The molecule has 0 aromatic carbocycles. The summed E-state index contributed by atoms with van der Waals surface area (Å²) in [6.45, 7) is 5.14. The molecule has 162 valence electrons. The molecular formula is C20H24N8O2S. The number of piperazine rings is 1. The number of nitrogens with zero attached hydrogens (tertiary/aromatic N) is 7. The number of hydrogen-bond donors (Lipinski definition) is 1. The summed E-state index contributed by atoms with van der Waals surface area (Å²) in [5, 5.41) is 0. The number of thiophene rings is 1. The lowest BCUT2D eigenvalue weighted by Crippen LogP contribution is -2.46. The molecule has 11 heteroatoms. The highest BCUT2D eigenvalue weighted by atomic mass is 32.1. The molecule has 2 saturated heterocycles. The lowest BCUT2D eigenvalue weighted by molar-refractivity contribution is 0.0388. The molecule has 1 atom stereocenters. The summed E-state index contributed by atoms with van der Waals surface area (Å²) in [5.74, 6) is 0.950. The molecule has 5 rings (SSSR count). The lowest BCUT2D eigenvalue weighted by Gasteiger charge is -2.32. The number of nitrogen functional groups attached to an aromatic ring is 1. The highest BCUT2D eigenvalue weighted by Crippen LogP contribution is 2.28. The fourth-order valence-corrected chi connectivity index (χ4v) is 4.74. The Morgan fingerprint density at radius 3 is 2.68 bits per heavy atom.